The molecule has 1 aromatic carbocycles. The van der Waals surface area contributed by atoms with E-state index >= 15 is 0 Å². The molecule has 0 aliphatic rings. The molecule has 0 unspecified atom stereocenters. The van der Waals surface area contributed by atoms with E-state index in [0.29, 0.717) is 35.3 Å². The van der Waals surface area contributed by atoms with E-state index < -0.39 is 6.04 Å². The van der Waals surface area contributed by atoms with E-state index in [1.54, 1.807) is 13.0 Å². The molecule has 1 aromatic heterocycles. The maximum Gasteiger partial charge on any atom is 0.260 e. The molecule has 2 aromatic rings. The number of aryl methyl sites for hydroxylation is 1. The monoisotopic (exact) mass is 288 g/mol. The molecule has 0 aliphatic carbocycles. The number of amides is 1. The minimum atomic E-state index is -0.539. The molecule has 1 amide bonds. The van der Waals surface area contributed by atoms with Gasteiger partial charge in [0.15, 0.2) is 5.82 Å². The topological polar surface area (TPSA) is 94.0 Å². The van der Waals surface area contributed by atoms with Crippen LogP contribution in [0.15, 0.2) is 28.8 Å². The van der Waals surface area contributed by atoms with Gasteiger partial charge < -0.3 is 15.6 Å². The number of para-hydroxylation sites is 1. The first-order valence-electron chi connectivity index (χ1n) is 6.93. The Kier molecular flexibility index (Phi) is 4.70. The lowest BCUT2D eigenvalue weighted by Crippen LogP contribution is -2.36. The summed E-state index contributed by atoms with van der Waals surface area (Å²) in [6.45, 7) is 5.80. The van der Waals surface area contributed by atoms with Crippen LogP contribution >= 0.6 is 0 Å². The lowest BCUT2D eigenvalue weighted by Gasteiger charge is -2.15. The largest absolute Gasteiger partial charge is 0.334 e. The highest BCUT2D eigenvalue weighted by Gasteiger charge is 2.18. The second-order valence-corrected chi connectivity index (χ2v) is 5.42. The fraction of sp³-hybridized carbons (Fsp3) is 0.400. The fourth-order valence-electron chi connectivity index (χ4n) is 2.03. The maximum atomic E-state index is 12.1. The fourth-order valence-corrected chi connectivity index (χ4v) is 2.03. The Morgan fingerprint density at radius 2 is 2.10 bits per heavy atom. The summed E-state index contributed by atoms with van der Waals surface area (Å²) < 4.78 is 5.15. The summed E-state index contributed by atoms with van der Waals surface area (Å²) in [6.07, 6.45) is 0.633. The summed E-state index contributed by atoms with van der Waals surface area (Å²) in [5.74, 6) is 1.07. The second kappa shape index (κ2) is 6.49. The average Bonchev–Trinajstić information content (AvgIpc) is 2.85. The quantitative estimate of drug-likeness (QED) is 0.880. The van der Waals surface area contributed by atoms with Gasteiger partial charge in [0.1, 0.15) is 0 Å². The van der Waals surface area contributed by atoms with Crippen molar-refractivity contribution in [3.63, 3.8) is 0 Å². The summed E-state index contributed by atoms with van der Waals surface area (Å²) in [4.78, 5) is 16.3. The number of aromatic nitrogens is 2. The highest BCUT2D eigenvalue weighted by molar-refractivity contribution is 5.97. The summed E-state index contributed by atoms with van der Waals surface area (Å²) in [6, 6.07) is 6.74. The molecule has 6 nitrogen and oxygen atoms in total. The van der Waals surface area contributed by atoms with Crippen LogP contribution in [0.4, 0.5) is 5.69 Å². The lowest BCUT2D eigenvalue weighted by atomic mass is 10.0. The number of benzene rings is 1. The molecule has 0 bridgehead atoms. The summed E-state index contributed by atoms with van der Waals surface area (Å²) in [5, 5.41) is 6.60. The number of nitrogens with one attached hydrogen (secondary N) is 1. The van der Waals surface area contributed by atoms with Gasteiger partial charge in [0.2, 0.25) is 5.91 Å². The molecule has 21 heavy (non-hydrogen) atoms. The smallest absolute Gasteiger partial charge is 0.260 e. The SMILES string of the molecule is Cc1noc(-c2ccccc2NC(=O)[C@@H](N)CC(C)C)n1. The zero-order chi connectivity index (χ0) is 15.4. The number of rotatable bonds is 5. The van der Waals surface area contributed by atoms with Crippen molar-refractivity contribution in [2.75, 3.05) is 5.32 Å². The highest BCUT2D eigenvalue weighted by Crippen LogP contribution is 2.26. The molecule has 6 heteroatoms. The van der Waals surface area contributed by atoms with Gasteiger partial charge in [-0.15, -0.1) is 0 Å². The van der Waals surface area contributed by atoms with Crippen molar-refractivity contribution in [3.8, 4) is 11.5 Å². The van der Waals surface area contributed by atoms with Crippen molar-refractivity contribution >= 4 is 11.6 Å². The van der Waals surface area contributed by atoms with Crippen LogP contribution in [-0.2, 0) is 4.79 Å². The van der Waals surface area contributed by atoms with Crippen molar-refractivity contribution in [1.82, 2.24) is 10.1 Å². The number of carbonyl (C=O) groups is 1. The van der Waals surface area contributed by atoms with E-state index in [-0.39, 0.29) is 5.91 Å². The molecule has 2 rings (SSSR count). The van der Waals surface area contributed by atoms with Crippen LogP contribution in [0.3, 0.4) is 0 Å². The van der Waals surface area contributed by atoms with Crippen LogP contribution in [0, 0.1) is 12.8 Å². The minimum Gasteiger partial charge on any atom is -0.334 e. The molecule has 1 heterocycles. The van der Waals surface area contributed by atoms with Crippen LogP contribution in [0.1, 0.15) is 26.1 Å². The molecule has 0 spiro atoms. The number of hydrogen-bond donors (Lipinski definition) is 2. The second-order valence-electron chi connectivity index (χ2n) is 5.42. The van der Waals surface area contributed by atoms with Crippen LogP contribution in [0.25, 0.3) is 11.5 Å². The number of nitrogens with two attached hydrogens (primary N) is 1. The summed E-state index contributed by atoms with van der Waals surface area (Å²) in [5.41, 5.74) is 7.20. The van der Waals surface area contributed by atoms with Crippen LogP contribution in [-0.4, -0.2) is 22.1 Å². The van der Waals surface area contributed by atoms with E-state index in [1.165, 1.54) is 0 Å². The predicted molar refractivity (Wildman–Crippen MR) is 80.5 cm³/mol. The number of carbonyl (C=O) groups excluding carboxylic acids is 1. The Bertz CT molecular complexity index is 622. The van der Waals surface area contributed by atoms with Gasteiger partial charge in [-0.1, -0.05) is 31.1 Å². The molecule has 0 saturated heterocycles. The van der Waals surface area contributed by atoms with Crippen molar-refractivity contribution in [2.24, 2.45) is 11.7 Å². The van der Waals surface area contributed by atoms with E-state index in [2.05, 4.69) is 15.5 Å². The van der Waals surface area contributed by atoms with Crippen molar-refractivity contribution in [3.05, 3.63) is 30.1 Å². The van der Waals surface area contributed by atoms with Crippen molar-refractivity contribution < 1.29 is 9.32 Å². The van der Waals surface area contributed by atoms with E-state index in [0.717, 1.165) is 0 Å². The van der Waals surface area contributed by atoms with Gasteiger partial charge in [-0.05, 0) is 31.4 Å². The lowest BCUT2D eigenvalue weighted by molar-refractivity contribution is -0.117. The third-order valence-corrected chi connectivity index (χ3v) is 3.01. The van der Waals surface area contributed by atoms with Gasteiger partial charge in [0, 0.05) is 0 Å². The Morgan fingerprint density at radius 1 is 1.38 bits per heavy atom. The van der Waals surface area contributed by atoms with Gasteiger partial charge in [-0.25, -0.2) is 0 Å². The molecule has 0 aliphatic heterocycles. The number of hydrogen-bond acceptors (Lipinski definition) is 5. The summed E-state index contributed by atoms with van der Waals surface area (Å²) in [7, 11) is 0. The van der Waals surface area contributed by atoms with Crippen molar-refractivity contribution in [1.29, 1.82) is 0 Å². The van der Waals surface area contributed by atoms with E-state index in [4.69, 9.17) is 10.3 Å². The van der Waals surface area contributed by atoms with Gasteiger partial charge in [-0.2, -0.15) is 4.98 Å². The predicted octanol–water partition coefficient (Wildman–Crippen LogP) is 2.36. The third-order valence-electron chi connectivity index (χ3n) is 3.01. The molecule has 1 atom stereocenters. The van der Waals surface area contributed by atoms with Gasteiger partial charge >= 0.3 is 0 Å². The van der Waals surface area contributed by atoms with Crippen molar-refractivity contribution in [2.45, 2.75) is 33.2 Å². The number of nitrogens with zero attached hydrogens (tertiary/aromatic N) is 2. The number of anilines is 1. The van der Waals surface area contributed by atoms with Crippen LogP contribution < -0.4 is 11.1 Å². The van der Waals surface area contributed by atoms with E-state index in [9.17, 15) is 4.79 Å². The molecule has 112 valence electrons. The first-order valence-corrected chi connectivity index (χ1v) is 6.93. The Morgan fingerprint density at radius 3 is 2.71 bits per heavy atom. The molecule has 0 fully saturated rings. The van der Waals surface area contributed by atoms with Gasteiger partial charge in [0.05, 0.1) is 17.3 Å². The molecule has 3 N–H and O–H groups in total. The van der Waals surface area contributed by atoms with Crippen LogP contribution in [0.5, 0.6) is 0 Å². The molecular formula is C15H20N4O2. The Balaban J connectivity index is 2.19. The van der Waals surface area contributed by atoms with Crippen LogP contribution in [0.2, 0.25) is 0 Å². The first kappa shape index (κ1) is 15.2. The summed E-state index contributed by atoms with van der Waals surface area (Å²) >= 11 is 0. The van der Waals surface area contributed by atoms with Gasteiger partial charge in [0.25, 0.3) is 5.89 Å². The minimum absolute atomic E-state index is 0.215. The van der Waals surface area contributed by atoms with E-state index in [1.807, 2.05) is 32.0 Å². The third kappa shape index (κ3) is 3.88. The zero-order valence-corrected chi connectivity index (χ0v) is 12.5. The Labute approximate surface area is 123 Å². The maximum absolute atomic E-state index is 12.1. The molecular weight excluding hydrogens is 268 g/mol. The molecule has 0 radical (unpaired) electrons. The zero-order valence-electron chi connectivity index (χ0n) is 12.5. The average molecular weight is 288 g/mol. The normalized spacial score (nSPS) is 12.4. The standard InChI is InChI=1S/C15H20N4O2/c1-9(2)8-12(16)14(20)18-13-7-5-4-6-11(13)15-17-10(3)19-21-15/h4-7,9,12H,8,16H2,1-3H3,(H,18,20)/t12-/m0/s1. The Hall–Kier alpha value is -2.21. The molecule has 0 saturated carbocycles. The van der Waals surface area contributed by atoms with Gasteiger partial charge in [-0.3, -0.25) is 4.79 Å². The first-order chi connectivity index (χ1) is 9.97. The highest BCUT2D eigenvalue weighted by atomic mass is 16.5.